The first kappa shape index (κ1) is 14.9. The van der Waals surface area contributed by atoms with E-state index in [9.17, 15) is 10.2 Å². The van der Waals surface area contributed by atoms with Crippen LogP contribution in [0, 0.1) is 0 Å². The Morgan fingerprint density at radius 1 is 1.04 bits per heavy atom. The van der Waals surface area contributed by atoms with Crippen molar-refractivity contribution in [3.63, 3.8) is 0 Å². The van der Waals surface area contributed by atoms with E-state index in [2.05, 4.69) is 0 Å². The molecular weight excluding hydrogens is 320 g/mol. The van der Waals surface area contributed by atoms with E-state index in [0.29, 0.717) is 18.8 Å². The fourth-order valence-corrected chi connectivity index (χ4v) is 4.03. The second-order valence-corrected chi connectivity index (χ2v) is 7.60. The first-order valence-corrected chi connectivity index (χ1v) is 8.59. The van der Waals surface area contributed by atoms with Gasteiger partial charge >= 0.3 is 0 Å². The third-order valence-electron chi connectivity index (χ3n) is 5.43. The molecule has 0 amide bonds. The fraction of sp³-hybridized carbons (Fsp3) is 0.400. The number of phenols is 1. The van der Waals surface area contributed by atoms with E-state index in [1.54, 1.807) is 26.0 Å². The molecule has 5 nitrogen and oxygen atoms in total. The zero-order chi connectivity index (χ0) is 17.3. The van der Waals surface area contributed by atoms with Crippen molar-refractivity contribution in [3.05, 3.63) is 47.0 Å². The summed E-state index contributed by atoms with van der Waals surface area (Å²) >= 11 is 0. The van der Waals surface area contributed by atoms with Gasteiger partial charge in [0.15, 0.2) is 0 Å². The molecule has 3 atom stereocenters. The molecule has 3 aliphatic heterocycles. The normalized spacial score (nSPS) is 25.8. The quantitative estimate of drug-likeness (QED) is 0.835. The number of aromatic hydroxyl groups is 1. The molecule has 0 aromatic heterocycles. The lowest BCUT2D eigenvalue weighted by Gasteiger charge is -2.27. The summed E-state index contributed by atoms with van der Waals surface area (Å²) in [4.78, 5) is 0. The molecule has 3 aliphatic rings. The van der Waals surface area contributed by atoms with Gasteiger partial charge < -0.3 is 24.4 Å². The Bertz CT molecular complexity index is 867. The summed E-state index contributed by atoms with van der Waals surface area (Å²) in [7, 11) is 0. The van der Waals surface area contributed by atoms with Crippen molar-refractivity contribution in [1.82, 2.24) is 0 Å². The Kier molecular flexibility index (Phi) is 2.87. The van der Waals surface area contributed by atoms with Gasteiger partial charge in [-0.15, -0.1) is 0 Å². The van der Waals surface area contributed by atoms with Crippen LogP contribution >= 0.6 is 0 Å². The summed E-state index contributed by atoms with van der Waals surface area (Å²) in [5.74, 6) is 2.64. The first-order valence-electron chi connectivity index (χ1n) is 8.59. The van der Waals surface area contributed by atoms with E-state index in [0.717, 1.165) is 28.2 Å². The number of ether oxygens (including phenoxy) is 3. The van der Waals surface area contributed by atoms with E-state index in [4.69, 9.17) is 14.2 Å². The topological polar surface area (TPSA) is 68.2 Å². The summed E-state index contributed by atoms with van der Waals surface area (Å²) in [6.45, 7) is 4.05. The summed E-state index contributed by atoms with van der Waals surface area (Å²) in [5.41, 5.74) is 2.20. The standard InChI is InChI=1S/C20H20O5/c1-20(2,22)17-8-13-15(24-17)6-5-11-14-9-23-16-7-10(21)3-4-12(16)19(14)25-18(11)13/h3-7,14,17,19,21-22H,8-9H2,1-2H3. The number of benzene rings is 2. The van der Waals surface area contributed by atoms with Crippen LogP contribution in [-0.2, 0) is 6.42 Å². The molecule has 5 heteroatoms. The Labute approximate surface area is 145 Å². The number of hydrogen-bond donors (Lipinski definition) is 2. The maximum Gasteiger partial charge on any atom is 0.138 e. The van der Waals surface area contributed by atoms with Gasteiger partial charge in [-0.3, -0.25) is 0 Å². The molecule has 0 aliphatic carbocycles. The van der Waals surface area contributed by atoms with Crippen LogP contribution in [0.5, 0.6) is 23.0 Å². The minimum absolute atomic E-state index is 0.118. The van der Waals surface area contributed by atoms with Gasteiger partial charge in [-0.1, -0.05) is 6.07 Å². The highest BCUT2D eigenvalue weighted by Gasteiger charge is 2.45. The highest BCUT2D eigenvalue weighted by molar-refractivity contribution is 5.58. The van der Waals surface area contributed by atoms with E-state index >= 15 is 0 Å². The largest absolute Gasteiger partial charge is 0.508 e. The van der Waals surface area contributed by atoms with Crippen LogP contribution < -0.4 is 14.2 Å². The Hall–Kier alpha value is -2.40. The predicted octanol–water partition coefficient (Wildman–Crippen LogP) is 3.08. The smallest absolute Gasteiger partial charge is 0.138 e. The average Bonchev–Trinajstić information content (AvgIpc) is 3.15. The minimum Gasteiger partial charge on any atom is -0.508 e. The Balaban J connectivity index is 1.55. The molecule has 3 heterocycles. The van der Waals surface area contributed by atoms with Crippen molar-refractivity contribution < 1.29 is 24.4 Å². The van der Waals surface area contributed by atoms with Crippen molar-refractivity contribution in [3.8, 4) is 23.0 Å². The second-order valence-electron chi connectivity index (χ2n) is 7.60. The number of aliphatic hydroxyl groups is 1. The van der Waals surface area contributed by atoms with Crippen LogP contribution in [0.1, 0.15) is 42.6 Å². The maximum atomic E-state index is 10.3. The monoisotopic (exact) mass is 340 g/mol. The van der Waals surface area contributed by atoms with Crippen LogP contribution in [-0.4, -0.2) is 28.5 Å². The molecule has 130 valence electrons. The SMILES string of the molecule is CC(C)(O)C1Cc2c(ccc3c2OC2c4ccc(O)cc4OCC32)O1. The Morgan fingerprint density at radius 3 is 2.64 bits per heavy atom. The average molecular weight is 340 g/mol. The van der Waals surface area contributed by atoms with E-state index < -0.39 is 5.60 Å². The van der Waals surface area contributed by atoms with Crippen molar-refractivity contribution in [2.75, 3.05) is 6.61 Å². The van der Waals surface area contributed by atoms with Gasteiger partial charge in [0.2, 0.25) is 0 Å². The van der Waals surface area contributed by atoms with Gasteiger partial charge in [0.05, 0.1) is 18.1 Å². The Morgan fingerprint density at radius 2 is 1.84 bits per heavy atom. The molecule has 2 aromatic carbocycles. The molecule has 5 rings (SSSR count). The van der Waals surface area contributed by atoms with Crippen molar-refractivity contribution in [1.29, 1.82) is 0 Å². The van der Waals surface area contributed by atoms with Gasteiger partial charge in [0, 0.05) is 29.2 Å². The third-order valence-corrected chi connectivity index (χ3v) is 5.43. The van der Waals surface area contributed by atoms with Crippen LogP contribution in [0.25, 0.3) is 0 Å². The molecule has 2 aromatic rings. The molecule has 2 N–H and O–H groups in total. The van der Waals surface area contributed by atoms with E-state index in [1.165, 1.54) is 0 Å². The van der Waals surface area contributed by atoms with Crippen LogP contribution in [0.3, 0.4) is 0 Å². The van der Waals surface area contributed by atoms with Crippen LogP contribution in [0.2, 0.25) is 0 Å². The highest BCUT2D eigenvalue weighted by Crippen LogP contribution is 2.55. The maximum absolute atomic E-state index is 10.3. The first-order chi connectivity index (χ1) is 11.9. The zero-order valence-corrected chi connectivity index (χ0v) is 14.2. The third kappa shape index (κ3) is 2.12. The van der Waals surface area contributed by atoms with E-state index in [-0.39, 0.29) is 23.9 Å². The summed E-state index contributed by atoms with van der Waals surface area (Å²) < 4.78 is 18.2. The summed E-state index contributed by atoms with van der Waals surface area (Å²) in [6.07, 6.45) is 0.234. The number of fused-ring (bicyclic) bond motifs is 7. The lowest BCUT2D eigenvalue weighted by atomic mass is 9.88. The lowest BCUT2D eigenvalue weighted by Crippen LogP contribution is -2.39. The fourth-order valence-electron chi connectivity index (χ4n) is 4.03. The highest BCUT2D eigenvalue weighted by atomic mass is 16.5. The predicted molar refractivity (Wildman–Crippen MR) is 90.6 cm³/mol. The summed E-state index contributed by atoms with van der Waals surface area (Å²) in [5, 5.41) is 20.0. The minimum atomic E-state index is -0.912. The van der Waals surface area contributed by atoms with Gasteiger partial charge in [0.25, 0.3) is 0 Å². The van der Waals surface area contributed by atoms with Gasteiger partial charge in [-0.05, 0) is 32.0 Å². The molecule has 3 unspecified atom stereocenters. The molecule has 0 bridgehead atoms. The molecule has 0 saturated carbocycles. The number of phenolic OH excluding ortho intramolecular Hbond substituents is 1. The molecule has 25 heavy (non-hydrogen) atoms. The van der Waals surface area contributed by atoms with E-state index in [1.807, 2.05) is 18.2 Å². The second kappa shape index (κ2) is 4.82. The molecular formula is C20H20O5. The van der Waals surface area contributed by atoms with Crippen molar-refractivity contribution in [2.24, 2.45) is 0 Å². The summed E-state index contributed by atoms with van der Waals surface area (Å²) in [6, 6.07) is 9.17. The molecule has 0 radical (unpaired) electrons. The van der Waals surface area contributed by atoms with Crippen LogP contribution in [0.15, 0.2) is 30.3 Å². The van der Waals surface area contributed by atoms with Gasteiger partial charge in [-0.2, -0.15) is 0 Å². The van der Waals surface area contributed by atoms with Crippen molar-refractivity contribution in [2.45, 2.75) is 44.0 Å². The zero-order valence-electron chi connectivity index (χ0n) is 14.2. The molecule has 0 fully saturated rings. The van der Waals surface area contributed by atoms with Gasteiger partial charge in [0.1, 0.15) is 35.2 Å². The number of rotatable bonds is 1. The van der Waals surface area contributed by atoms with Crippen LogP contribution in [0.4, 0.5) is 0 Å². The molecule has 0 spiro atoms. The number of hydrogen-bond acceptors (Lipinski definition) is 5. The van der Waals surface area contributed by atoms with Gasteiger partial charge in [-0.25, -0.2) is 0 Å². The molecule has 0 saturated heterocycles. The van der Waals surface area contributed by atoms with Crippen molar-refractivity contribution >= 4 is 0 Å². The lowest BCUT2D eigenvalue weighted by molar-refractivity contribution is -0.0230.